The van der Waals surface area contributed by atoms with Crippen molar-refractivity contribution in [2.45, 2.75) is 0 Å². The monoisotopic (exact) mass is 436 g/mol. The van der Waals surface area contributed by atoms with Crippen LogP contribution in [0.5, 0.6) is 5.75 Å². The molecular weight excluding hydrogens is 419 g/mol. The maximum atomic E-state index is 12.9. The Morgan fingerprint density at radius 3 is 2.47 bits per heavy atom. The summed E-state index contributed by atoms with van der Waals surface area (Å²) in [7, 11) is 0. The average Bonchev–Trinajstić information content (AvgIpc) is 2.79. The number of hydrazone groups is 1. The Hall–Kier alpha value is -4.60. The van der Waals surface area contributed by atoms with E-state index >= 15 is 0 Å². The zero-order valence-electron chi connectivity index (χ0n) is 16.5. The molecule has 3 aromatic carbocycles. The Morgan fingerprint density at radius 1 is 1.06 bits per heavy atom. The number of hydrogen-bond donors (Lipinski definition) is 2. The van der Waals surface area contributed by atoms with Crippen molar-refractivity contribution in [1.29, 1.82) is 0 Å². The highest BCUT2D eigenvalue weighted by molar-refractivity contribution is 5.95. The first-order valence-corrected chi connectivity index (χ1v) is 9.27. The van der Waals surface area contributed by atoms with Gasteiger partial charge < -0.3 is 10.1 Å². The van der Waals surface area contributed by atoms with Crippen LogP contribution in [0.3, 0.4) is 0 Å². The summed E-state index contributed by atoms with van der Waals surface area (Å²) < 4.78 is 18.3. The van der Waals surface area contributed by atoms with Gasteiger partial charge in [0.25, 0.3) is 17.5 Å². The second-order valence-electron chi connectivity index (χ2n) is 6.42. The van der Waals surface area contributed by atoms with Crippen molar-refractivity contribution in [1.82, 2.24) is 5.43 Å². The molecule has 0 unspecified atom stereocenters. The number of benzene rings is 3. The van der Waals surface area contributed by atoms with Gasteiger partial charge >= 0.3 is 0 Å². The fraction of sp³-hybridized carbons (Fsp3) is 0.0455. The van der Waals surface area contributed by atoms with Crippen molar-refractivity contribution in [3.63, 3.8) is 0 Å². The number of rotatable bonds is 8. The van der Waals surface area contributed by atoms with Gasteiger partial charge in [-0.25, -0.2) is 9.82 Å². The summed E-state index contributed by atoms with van der Waals surface area (Å²) in [5.41, 5.74) is 3.48. The van der Waals surface area contributed by atoms with Gasteiger partial charge in [0.15, 0.2) is 6.61 Å². The van der Waals surface area contributed by atoms with Crippen LogP contribution in [0.1, 0.15) is 15.9 Å². The minimum Gasteiger partial charge on any atom is -0.484 e. The summed E-state index contributed by atoms with van der Waals surface area (Å²) in [6.45, 7) is -0.255. The van der Waals surface area contributed by atoms with Crippen molar-refractivity contribution in [3.8, 4) is 5.75 Å². The molecule has 0 saturated heterocycles. The lowest BCUT2D eigenvalue weighted by Crippen LogP contribution is -2.20. The molecule has 9 nitrogen and oxygen atoms in total. The lowest BCUT2D eigenvalue weighted by Gasteiger charge is -2.08. The van der Waals surface area contributed by atoms with Gasteiger partial charge in [0, 0.05) is 23.4 Å². The van der Waals surface area contributed by atoms with E-state index < -0.39 is 22.6 Å². The van der Waals surface area contributed by atoms with Crippen molar-refractivity contribution >= 4 is 29.4 Å². The molecule has 0 radical (unpaired) electrons. The highest BCUT2D eigenvalue weighted by atomic mass is 19.1. The number of nitrogens with one attached hydrogen (secondary N) is 2. The molecule has 0 aliphatic carbocycles. The zero-order valence-corrected chi connectivity index (χ0v) is 16.5. The Bertz CT molecular complexity index is 1150. The normalized spacial score (nSPS) is 10.5. The Morgan fingerprint density at radius 2 is 1.78 bits per heavy atom. The molecular formula is C22H17FN4O5. The van der Waals surface area contributed by atoms with E-state index in [0.29, 0.717) is 17.0 Å². The van der Waals surface area contributed by atoms with Gasteiger partial charge in [-0.1, -0.05) is 12.1 Å². The van der Waals surface area contributed by atoms with Gasteiger partial charge in [0.2, 0.25) is 0 Å². The zero-order chi connectivity index (χ0) is 22.9. The number of anilines is 1. The van der Waals surface area contributed by atoms with E-state index in [9.17, 15) is 24.1 Å². The minimum atomic E-state index is -0.554. The molecule has 3 aromatic rings. The summed E-state index contributed by atoms with van der Waals surface area (Å²) in [6.07, 6.45) is 1.38. The van der Waals surface area contributed by atoms with E-state index in [0.717, 1.165) is 0 Å². The van der Waals surface area contributed by atoms with Gasteiger partial charge in [0.05, 0.1) is 11.1 Å². The third-order valence-electron chi connectivity index (χ3n) is 4.08. The van der Waals surface area contributed by atoms with Crippen LogP contribution in [-0.4, -0.2) is 29.6 Å². The predicted octanol–water partition coefficient (Wildman–Crippen LogP) is 3.52. The number of nitrogens with zero attached hydrogens (tertiary/aromatic N) is 2. The van der Waals surface area contributed by atoms with E-state index in [4.69, 9.17) is 4.74 Å². The van der Waals surface area contributed by atoms with E-state index in [1.54, 1.807) is 24.3 Å². The molecule has 0 fully saturated rings. The first kappa shape index (κ1) is 22.1. The van der Waals surface area contributed by atoms with Crippen LogP contribution in [0, 0.1) is 15.9 Å². The lowest BCUT2D eigenvalue weighted by atomic mass is 10.2. The maximum Gasteiger partial charge on any atom is 0.271 e. The van der Waals surface area contributed by atoms with Crippen LogP contribution in [0.4, 0.5) is 15.8 Å². The molecule has 32 heavy (non-hydrogen) atoms. The van der Waals surface area contributed by atoms with Crippen LogP contribution in [0.15, 0.2) is 77.9 Å². The number of halogens is 1. The van der Waals surface area contributed by atoms with E-state index in [-0.39, 0.29) is 17.9 Å². The summed E-state index contributed by atoms with van der Waals surface area (Å²) in [6, 6.07) is 17.1. The molecule has 3 rings (SSSR count). The quantitative estimate of drug-likeness (QED) is 0.318. The SMILES string of the molecule is O=C(COc1cccc(/C=N/NC(=O)c2ccc([N+](=O)[O-])cc2)c1)Nc1ccc(F)cc1. The van der Waals surface area contributed by atoms with Gasteiger partial charge in [-0.3, -0.25) is 19.7 Å². The molecule has 0 aliphatic heterocycles. The molecule has 0 atom stereocenters. The van der Waals surface area contributed by atoms with Crippen LogP contribution in [-0.2, 0) is 4.79 Å². The number of amides is 2. The molecule has 0 aliphatic rings. The first-order chi connectivity index (χ1) is 15.4. The van der Waals surface area contributed by atoms with Crippen molar-refractivity contribution in [3.05, 3.63) is 99.9 Å². The smallest absolute Gasteiger partial charge is 0.271 e. The molecule has 0 heterocycles. The second-order valence-corrected chi connectivity index (χ2v) is 6.42. The van der Waals surface area contributed by atoms with Crippen LogP contribution < -0.4 is 15.5 Å². The fourth-order valence-electron chi connectivity index (χ4n) is 2.53. The number of hydrogen-bond acceptors (Lipinski definition) is 6. The summed E-state index contributed by atoms with van der Waals surface area (Å²) in [5, 5.41) is 17.1. The molecule has 2 amide bonds. The highest BCUT2D eigenvalue weighted by Gasteiger charge is 2.08. The van der Waals surface area contributed by atoms with Crippen LogP contribution in [0.25, 0.3) is 0 Å². The second kappa shape index (κ2) is 10.4. The lowest BCUT2D eigenvalue weighted by molar-refractivity contribution is -0.384. The van der Waals surface area contributed by atoms with Crippen molar-refractivity contribution < 1.29 is 23.6 Å². The minimum absolute atomic E-state index is 0.117. The van der Waals surface area contributed by atoms with Crippen LogP contribution >= 0.6 is 0 Å². The Balaban J connectivity index is 1.51. The Labute approximate surface area is 181 Å². The summed E-state index contributed by atoms with van der Waals surface area (Å²) >= 11 is 0. The van der Waals surface area contributed by atoms with Gasteiger partial charge in [-0.2, -0.15) is 5.10 Å². The number of nitro groups is 1. The maximum absolute atomic E-state index is 12.9. The number of carbonyl (C=O) groups excluding carboxylic acids is 2. The average molecular weight is 436 g/mol. The largest absolute Gasteiger partial charge is 0.484 e. The number of non-ortho nitro benzene ring substituents is 1. The summed E-state index contributed by atoms with van der Waals surface area (Å²) in [5.74, 6) is -0.932. The summed E-state index contributed by atoms with van der Waals surface area (Å²) in [4.78, 5) is 34.1. The predicted molar refractivity (Wildman–Crippen MR) is 115 cm³/mol. The third kappa shape index (κ3) is 6.46. The van der Waals surface area contributed by atoms with Crippen LogP contribution in [0.2, 0.25) is 0 Å². The first-order valence-electron chi connectivity index (χ1n) is 9.27. The third-order valence-corrected chi connectivity index (χ3v) is 4.08. The topological polar surface area (TPSA) is 123 Å². The molecule has 162 valence electrons. The van der Waals surface area contributed by atoms with Gasteiger partial charge in [-0.15, -0.1) is 0 Å². The molecule has 0 aromatic heterocycles. The van der Waals surface area contributed by atoms with Crippen molar-refractivity contribution in [2.24, 2.45) is 5.10 Å². The molecule has 0 bridgehead atoms. The Kier molecular flexibility index (Phi) is 7.20. The molecule has 0 saturated carbocycles. The van der Waals surface area contributed by atoms with E-state index in [2.05, 4.69) is 15.8 Å². The number of carbonyl (C=O) groups is 2. The standard InChI is InChI=1S/C22H17FN4O5/c23-17-6-8-18(9-7-17)25-21(28)14-32-20-3-1-2-15(12-20)13-24-26-22(29)16-4-10-19(11-5-16)27(30)31/h1-13H,14H2,(H,25,28)(H,26,29)/b24-13+. The van der Waals surface area contributed by atoms with Gasteiger partial charge in [0.1, 0.15) is 11.6 Å². The fourth-order valence-corrected chi connectivity index (χ4v) is 2.53. The molecule has 10 heteroatoms. The molecule has 0 spiro atoms. The van der Waals surface area contributed by atoms with Crippen molar-refractivity contribution in [2.75, 3.05) is 11.9 Å². The van der Waals surface area contributed by atoms with Gasteiger partial charge in [-0.05, 0) is 54.1 Å². The number of nitro benzene ring substituents is 1. The molecule has 2 N–H and O–H groups in total. The number of ether oxygens (including phenoxy) is 1. The van der Waals surface area contributed by atoms with E-state index in [1.807, 2.05) is 0 Å². The van der Waals surface area contributed by atoms with E-state index in [1.165, 1.54) is 54.7 Å². The highest BCUT2D eigenvalue weighted by Crippen LogP contribution is 2.14.